The van der Waals surface area contributed by atoms with Crippen LogP contribution in [0.25, 0.3) is 0 Å². The van der Waals surface area contributed by atoms with Crippen LogP contribution in [0, 0.1) is 11.8 Å². The van der Waals surface area contributed by atoms with Gasteiger partial charge in [0.25, 0.3) is 0 Å². The minimum atomic E-state index is -0.957. The predicted octanol–water partition coefficient (Wildman–Crippen LogP) is 2.61. The third-order valence-electron chi connectivity index (χ3n) is 6.39. The number of aliphatic carboxylic acids is 1. The Morgan fingerprint density at radius 1 is 1.14 bits per heavy atom. The summed E-state index contributed by atoms with van der Waals surface area (Å²) in [6.45, 7) is 2.26. The summed E-state index contributed by atoms with van der Waals surface area (Å²) in [5.41, 5.74) is 5.22. The number of rotatable bonds is 4. The number of carboxylic acids is 1. The number of hydrogen-bond donors (Lipinski definition) is 2. The van der Waals surface area contributed by atoms with Gasteiger partial charge in [-0.1, -0.05) is 19.3 Å². The fraction of sp³-hybridized carbons (Fsp3) is 0.941. The summed E-state index contributed by atoms with van der Waals surface area (Å²) in [4.78, 5) is 14.1. The second-order valence-corrected chi connectivity index (χ2v) is 7.51. The SMILES string of the molecule is NC1(C(=O)O)CCCC1CCN1CCC[C@H]2CCCC[C@H]21. The highest BCUT2D eigenvalue weighted by Gasteiger charge is 2.46. The highest BCUT2D eigenvalue weighted by Crippen LogP contribution is 2.39. The van der Waals surface area contributed by atoms with E-state index in [9.17, 15) is 9.90 Å². The first kappa shape index (κ1) is 15.3. The van der Waals surface area contributed by atoms with Crippen LogP contribution in [0.5, 0.6) is 0 Å². The number of nitrogens with two attached hydrogens (primary N) is 1. The third kappa shape index (κ3) is 2.98. The predicted molar refractivity (Wildman–Crippen MR) is 83.1 cm³/mol. The van der Waals surface area contributed by atoms with Crippen molar-refractivity contribution in [2.24, 2.45) is 17.6 Å². The summed E-state index contributed by atoms with van der Waals surface area (Å²) in [6, 6.07) is 0.769. The Labute approximate surface area is 128 Å². The molecule has 4 heteroatoms. The van der Waals surface area contributed by atoms with E-state index < -0.39 is 11.5 Å². The van der Waals surface area contributed by atoms with E-state index >= 15 is 0 Å². The lowest BCUT2D eigenvalue weighted by Gasteiger charge is -2.44. The molecular formula is C17H30N2O2. The summed E-state index contributed by atoms with van der Waals surface area (Å²) in [5, 5.41) is 9.43. The first-order chi connectivity index (χ1) is 10.1. The molecule has 0 amide bonds. The standard InChI is InChI=1S/C17H30N2O2/c18-17(16(20)21)10-3-7-14(17)9-12-19-11-4-6-13-5-1-2-8-15(13)19/h13-15H,1-12,18H2,(H,20,21)/t13-,14?,15-,17?/m1/s1. The molecular weight excluding hydrogens is 264 g/mol. The molecule has 0 bridgehead atoms. The number of carboxylic acid groups (broad SMARTS) is 1. The summed E-state index contributed by atoms with van der Waals surface area (Å²) in [6.07, 6.45) is 11.8. The van der Waals surface area contributed by atoms with Crippen LogP contribution in [0.1, 0.15) is 64.2 Å². The Hall–Kier alpha value is -0.610. The second-order valence-electron chi connectivity index (χ2n) is 7.51. The molecule has 0 aromatic carbocycles. The van der Waals surface area contributed by atoms with Gasteiger partial charge in [-0.15, -0.1) is 0 Å². The molecule has 2 aliphatic carbocycles. The van der Waals surface area contributed by atoms with E-state index in [2.05, 4.69) is 4.90 Å². The maximum absolute atomic E-state index is 11.5. The molecule has 3 aliphatic rings. The van der Waals surface area contributed by atoms with Gasteiger partial charge in [0.2, 0.25) is 0 Å². The van der Waals surface area contributed by atoms with Gasteiger partial charge in [0, 0.05) is 6.04 Å². The van der Waals surface area contributed by atoms with E-state index in [1.807, 2.05) is 0 Å². The first-order valence-corrected chi connectivity index (χ1v) is 8.87. The van der Waals surface area contributed by atoms with Gasteiger partial charge in [0.1, 0.15) is 5.54 Å². The number of nitrogens with zero attached hydrogens (tertiary/aromatic N) is 1. The summed E-state index contributed by atoms with van der Waals surface area (Å²) < 4.78 is 0. The average molecular weight is 294 g/mol. The van der Waals surface area contributed by atoms with Gasteiger partial charge in [-0.25, -0.2) is 0 Å². The van der Waals surface area contributed by atoms with E-state index in [-0.39, 0.29) is 5.92 Å². The molecule has 3 rings (SSSR count). The quantitative estimate of drug-likeness (QED) is 0.836. The lowest BCUT2D eigenvalue weighted by atomic mass is 9.78. The number of fused-ring (bicyclic) bond motifs is 1. The van der Waals surface area contributed by atoms with Crippen LogP contribution in [0.2, 0.25) is 0 Å². The van der Waals surface area contributed by atoms with Gasteiger partial charge in [-0.2, -0.15) is 0 Å². The topological polar surface area (TPSA) is 66.6 Å². The number of hydrogen-bond acceptors (Lipinski definition) is 3. The number of likely N-dealkylation sites (tertiary alicyclic amines) is 1. The van der Waals surface area contributed by atoms with Gasteiger partial charge < -0.3 is 15.7 Å². The lowest BCUT2D eigenvalue weighted by Crippen LogP contribution is -2.52. The van der Waals surface area contributed by atoms with Crippen LogP contribution in [0.4, 0.5) is 0 Å². The fourth-order valence-corrected chi connectivity index (χ4v) is 5.11. The Balaban J connectivity index is 1.58. The van der Waals surface area contributed by atoms with Gasteiger partial charge in [0.05, 0.1) is 0 Å². The minimum Gasteiger partial charge on any atom is -0.480 e. The van der Waals surface area contributed by atoms with Crippen LogP contribution in [-0.2, 0) is 4.79 Å². The molecule has 0 aromatic rings. The monoisotopic (exact) mass is 294 g/mol. The third-order valence-corrected chi connectivity index (χ3v) is 6.39. The maximum atomic E-state index is 11.5. The molecule has 0 radical (unpaired) electrons. The summed E-state index contributed by atoms with van der Waals surface area (Å²) in [5.74, 6) is 0.274. The van der Waals surface area contributed by atoms with Crippen molar-refractivity contribution in [3.8, 4) is 0 Å². The molecule has 2 saturated carbocycles. The largest absolute Gasteiger partial charge is 0.480 e. The molecule has 1 saturated heterocycles. The van der Waals surface area contributed by atoms with E-state index in [0.717, 1.165) is 37.8 Å². The van der Waals surface area contributed by atoms with Crippen molar-refractivity contribution >= 4 is 5.97 Å². The first-order valence-electron chi connectivity index (χ1n) is 8.87. The van der Waals surface area contributed by atoms with Crippen molar-refractivity contribution < 1.29 is 9.90 Å². The van der Waals surface area contributed by atoms with Crippen molar-refractivity contribution in [1.82, 2.24) is 4.90 Å². The average Bonchev–Trinajstić information content (AvgIpc) is 2.87. The van der Waals surface area contributed by atoms with E-state index in [4.69, 9.17) is 5.73 Å². The molecule has 21 heavy (non-hydrogen) atoms. The highest BCUT2D eigenvalue weighted by atomic mass is 16.4. The second kappa shape index (κ2) is 6.25. The van der Waals surface area contributed by atoms with E-state index in [0.29, 0.717) is 6.42 Å². The Bertz CT molecular complexity index is 385. The number of piperidine rings is 1. The van der Waals surface area contributed by atoms with Crippen molar-refractivity contribution in [1.29, 1.82) is 0 Å². The van der Waals surface area contributed by atoms with E-state index in [1.54, 1.807) is 0 Å². The van der Waals surface area contributed by atoms with Gasteiger partial charge >= 0.3 is 5.97 Å². The van der Waals surface area contributed by atoms with Gasteiger partial charge in [-0.3, -0.25) is 4.79 Å². The lowest BCUT2D eigenvalue weighted by molar-refractivity contribution is -0.145. The molecule has 4 nitrogen and oxygen atoms in total. The molecule has 0 aromatic heterocycles. The molecule has 120 valence electrons. The van der Waals surface area contributed by atoms with E-state index in [1.165, 1.54) is 45.1 Å². The van der Waals surface area contributed by atoms with Crippen LogP contribution >= 0.6 is 0 Å². The van der Waals surface area contributed by atoms with Crippen LogP contribution in [0.3, 0.4) is 0 Å². The van der Waals surface area contributed by atoms with Crippen LogP contribution < -0.4 is 5.73 Å². The maximum Gasteiger partial charge on any atom is 0.323 e. The zero-order valence-electron chi connectivity index (χ0n) is 13.1. The van der Waals surface area contributed by atoms with Crippen LogP contribution in [-0.4, -0.2) is 40.6 Å². The van der Waals surface area contributed by atoms with Crippen molar-refractivity contribution in [3.63, 3.8) is 0 Å². The Morgan fingerprint density at radius 3 is 2.71 bits per heavy atom. The van der Waals surface area contributed by atoms with Crippen molar-refractivity contribution in [2.75, 3.05) is 13.1 Å². The molecule has 1 heterocycles. The van der Waals surface area contributed by atoms with Gasteiger partial charge in [-0.05, 0) is 69.9 Å². The zero-order chi connectivity index (χ0) is 14.9. The molecule has 0 spiro atoms. The van der Waals surface area contributed by atoms with Gasteiger partial charge in [0.15, 0.2) is 0 Å². The smallest absolute Gasteiger partial charge is 0.323 e. The highest BCUT2D eigenvalue weighted by molar-refractivity contribution is 5.79. The minimum absolute atomic E-state index is 0.166. The fourth-order valence-electron chi connectivity index (χ4n) is 5.11. The molecule has 4 atom stereocenters. The molecule has 1 aliphatic heterocycles. The normalized spacial score (nSPS) is 40.9. The number of carbonyl (C=O) groups is 1. The molecule has 2 unspecified atom stereocenters. The van der Waals surface area contributed by atoms with Crippen molar-refractivity contribution in [3.05, 3.63) is 0 Å². The zero-order valence-corrected chi connectivity index (χ0v) is 13.1. The summed E-state index contributed by atoms with van der Waals surface area (Å²) in [7, 11) is 0. The Morgan fingerprint density at radius 2 is 1.90 bits per heavy atom. The Kier molecular flexibility index (Phi) is 4.55. The molecule has 3 fully saturated rings. The molecule has 3 N–H and O–H groups in total. The summed E-state index contributed by atoms with van der Waals surface area (Å²) >= 11 is 0. The van der Waals surface area contributed by atoms with Crippen LogP contribution in [0.15, 0.2) is 0 Å². The van der Waals surface area contributed by atoms with Crippen molar-refractivity contribution in [2.45, 2.75) is 75.8 Å².